The highest BCUT2D eigenvalue weighted by Crippen LogP contribution is 2.24. The maximum Gasteiger partial charge on any atom is 0.277 e. The molecule has 0 fully saturated rings. The lowest BCUT2D eigenvalue weighted by molar-refractivity contribution is -0.119. The Balaban J connectivity index is 1.86. The number of carbonyl (C=O) groups is 1. The number of hydrogen-bond acceptors (Lipinski definition) is 5. The number of carbonyl (C=O) groups excluding carboxylic acids is 1. The lowest BCUT2D eigenvalue weighted by Crippen LogP contribution is -2.34. The summed E-state index contributed by atoms with van der Waals surface area (Å²) in [5.41, 5.74) is 3.21. The van der Waals surface area contributed by atoms with Gasteiger partial charge >= 0.3 is 0 Å². The smallest absolute Gasteiger partial charge is 0.277 e. The molecular weight excluding hydrogens is 334 g/mol. The summed E-state index contributed by atoms with van der Waals surface area (Å²) < 4.78 is 5.67. The fourth-order valence-electron chi connectivity index (χ4n) is 2.58. The van der Waals surface area contributed by atoms with Gasteiger partial charge in [-0.25, -0.2) is 0 Å². The Kier molecular flexibility index (Phi) is 7.05. The predicted octanol–water partition coefficient (Wildman–Crippen LogP) is 4.39. The van der Waals surface area contributed by atoms with Crippen LogP contribution in [0.15, 0.2) is 27.8 Å². The zero-order valence-corrected chi connectivity index (χ0v) is 16.4. The molecule has 2 rings (SSSR count). The number of aromatic nitrogens is 2. The van der Waals surface area contributed by atoms with Crippen LogP contribution in [0, 0.1) is 19.8 Å². The Morgan fingerprint density at radius 3 is 2.44 bits per heavy atom. The molecule has 2 aromatic rings. The molecule has 0 aliphatic rings. The fourth-order valence-corrected chi connectivity index (χ4v) is 3.16. The Bertz CT molecular complexity index is 692. The summed E-state index contributed by atoms with van der Waals surface area (Å²) in [6.45, 7) is 10.5. The summed E-state index contributed by atoms with van der Waals surface area (Å²) in [5, 5.41) is 11.5. The highest BCUT2D eigenvalue weighted by atomic mass is 32.2. The zero-order valence-electron chi connectivity index (χ0n) is 15.6. The van der Waals surface area contributed by atoms with Gasteiger partial charge in [-0.15, -0.1) is 10.2 Å². The second kappa shape index (κ2) is 9.04. The van der Waals surface area contributed by atoms with Crippen LogP contribution in [-0.2, 0) is 4.79 Å². The first-order chi connectivity index (χ1) is 11.8. The Morgan fingerprint density at radius 2 is 1.80 bits per heavy atom. The highest BCUT2D eigenvalue weighted by Gasteiger charge is 2.13. The molecular formula is C19H27N3O2S. The van der Waals surface area contributed by atoms with E-state index in [-0.39, 0.29) is 17.7 Å². The molecule has 0 spiro atoms. The van der Waals surface area contributed by atoms with Gasteiger partial charge in [0, 0.05) is 11.6 Å². The van der Waals surface area contributed by atoms with Crippen molar-refractivity contribution in [3.05, 3.63) is 29.3 Å². The van der Waals surface area contributed by atoms with E-state index in [9.17, 15) is 4.79 Å². The van der Waals surface area contributed by atoms with E-state index in [0.717, 1.165) is 29.5 Å². The Hall–Kier alpha value is -1.82. The second-order valence-corrected chi connectivity index (χ2v) is 7.90. The van der Waals surface area contributed by atoms with Gasteiger partial charge in [-0.3, -0.25) is 4.79 Å². The summed E-state index contributed by atoms with van der Waals surface area (Å²) >= 11 is 1.27. The van der Waals surface area contributed by atoms with Crippen molar-refractivity contribution in [2.75, 3.05) is 5.75 Å². The van der Waals surface area contributed by atoms with Crippen molar-refractivity contribution in [3.8, 4) is 11.5 Å². The van der Waals surface area contributed by atoms with Gasteiger partial charge in [0.15, 0.2) is 0 Å². The van der Waals surface area contributed by atoms with E-state index in [1.807, 2.05) is 32.9 Å². The van der Waals surface area contributed by atoms with Crippen LogP contribution in [0.2, 0.25) is 0 Å². The SMILES string of the molecule is Cc1cc(C)cc(-c2nnc(SCC(=O)N[C@@H](C)CCC(C)C)o2)c1. The molecule has 0 bridgehead atoms. The topological polar surface area (TPSA) is 68.0 Å². The first-order valence-corrected chi connectivity index (χ1v) is 9.66. The number of benzene rings is 1. The number of aryl methyl sites for hydroxylation is 2. The first-order valence-electron chi connectivity index (χ1n) is 8.68. The van der Waals surface area contributed by atoms with Crippen molar-refractivity contribution >= 4 is 17.7 Å². The van der Waals surface area contributed by atoms with E-state index < -0.39 is 0 Å². The number of rotatable bonds is 8. The molecule has 136 valence electrons. The molecule has 1 N–H and O–H groups in total. The zero-order chi connectivity index (χ0) is 18.4. The van der Waals surface area contributed by atoms with Crippen LogP contribution in [0.1, 0.15) is 44.7 Å². The van der Waals surface area contributed by atoms with Gasteiger partial charge in [0.05, 0.1) is 5.75 Å². The maximum absolute atomic E-state index is 12.0. The summed E-state index contributed by atoms with van der Waals surface area (Å²) in [5.74, 6) is 1.41. The van der Waals surface area contributed by atoms with Crippen LogP contribution >= 0.6 is 11.8 Å². The molecule has 0 radical (unpaired) electrons. The normalized spacial score (nSPS) is 12.4. The van der Waals surface area contributed by atoms with Gasteiger partial charge in [0.1, 0.15) is 0 Å². The molecule has 0 aliphatic carbocycles. The molecule has 1 heterocycles. The summed E-state index contributed by atoms with van der Waals surface area (Å²) in [6.07, 6.45) is 2.10. The van der Waals surface area contributed by atoms with E-state index in [2.05, 4.69) is 35.4 Å². The maximum atomic E-state index is 12.0. The van der Waals surface area contributed by atoms with Crippen molar-refractivity contribution in [1.29, 1.82) is 0 Å². The lowest BCUT2D eigenvalue weighted by Gasteiger charge is -2.14. The predicted molar refractivity (Wildman–Crippen MR) is 102 cm³/mol. The summed E-state index contributed by atoms with van der Waals surface area (Å²) in [7, 11) is 0. The number of nitrogens with one attached hydrogen (secondary N) is 1. The second-order valence-electron chi connectivity index (χ2n) is 6.98. The molecule has 0 saturated carbocycles. The van der Waals surface area contributed by atoms with Gasteiger partial charge in [-0.2, -0.15) is 0 Å². The first kappa shape index (κ1) is 19.5. The van der Waals surface area contributed by atoms with Crippen LogP contribution in [0.25, 0.3) is 11.5 Å². The molecule has 1 aromatic heterocycles. The van der Waals surface area contributed by atoms with Crippen LogP contribution in [-0.4, -0.2) is 27.9 Å². The average Bonchev–Trinajstić information content (AvgIpc) is 2.99. The van der Waals surface area contributed by atoms with E-state index in [1.54, 1.807) is 0 Å². The largest absolute Gasteiger partial charge is 0.411 e. The summed E-state index contributed by atoms with van der Waals surface area (Å²) in [4.78, 5) is 12.0. The third-order valence-corrected chi connectivity index (χ3v) is 4.60. The number of nitrogens with zero attached hydrogens (tertiary/aromatic N) is 2. The van der Waals surface area contributed by atoms with Crippen LogP contribution < -0.4 is 5.32 Å². The fraction of sp³-hybridized carbons (Fsp3) is 0.526. The van der Waals surface area contributed by atoms with Crippen molar-refractivity contribution in [2.24, 2.45) is 5.92 Å². The standard InChI is InChI=1S/C19H27N3O2S/c1-12(2)6-7-15(5)20-17(23)11-25-19-22-21-18(24-19)16-9-13(3)8-14(4)10-16/h8-10,12,15H,6-7,11H2,1-5H3,(H,20,23)/t15-/m0/s1. The number of amides is 1. The number of thioether (sulfide) groups is 1. The van der Waals surface area contributed by atoms with Gasteiger partial charge in [-0.1, -0.05) is 42.8 Å². The van der Waals surface area contributed by atoms with Gasteiger partial charge in [0.2, 0.25) is 11.8 Å². The van der Waals surface area contributed by atoms with Crippen molar-refractivity contribution < 1.29 is 9.21 Å². The van der Waals surface area contributed by atoms with Gasteiger partial charge < -0.3 is 9.73 Å². The third-order valence-electron chi connectivity index (χ3n) is 3.79. The van der Waals surface area contributed by atoms with Crippen molar-refractivity contribution in [3.63, 3.8) is 0 Å². The average molecular weight is 362 g/mol. The Morgan fingerprint density at radius 1 is 1.12 bits per heavy atom. The molecule has 0 unspecified atom stereocenters. The van der Waals surface area contributed by atoms with Crippen molar-refractivity contribution in [1.82, 2.24) is 15.5 Å². The molecule has 6 heteroatoms. The minimum absolute atomic E-state index is 0.00703. The Labute approximate surface area is 154 Å². The molecule has 25 heavy (non-hydrogen) atoms. The molecule has 1 atom stereocenters. The van der Waals surface area contributed by atoms with Crippen LogP contribution in [0.3, 0.4) is 0 Å². The van der Waals surface area contributed by atoms with E-state index in [0.29, 0.717) is 17.0 Å². The molecule has 5 nitrogen and oxygen atoms in total. The molecule has 1 aromatic carbocycles. The monoisotopic (exact) mass is 361 g/mol. The van der Waals surface area contributed by atoms with E-state index in [4.69, 9.17) is 4.42 Å². The van der Waals surface area contributed by atoms with E-state index >= 15 is 0 Å². The quantitative estimate of drug-likeness (QED) is 0.706. The van der Waals surface area contributed by atoms with E-state index in [1.165, 1.54) is 11.8 Å². The highest BCUT2D eigenvalue weighted by molar-refractivity contribution is 7.99. The number of hydrogen-bond donors (Lipinski definition) is 1. The van der Waals surface area contributed by atoms with Gasteiger partial charge in [-0.05, 0) is 51.7 Å². The lowest BCUT2D eigenvalue weighted by atomic mass is 10.0. The molecule has 1 amide bonds. The molecule has 0 aliphatic heterocycles. The minimum Gasteiger partial charge on any atom is -0.411 e. The van der Waals surface area contributed by atoms with Crippen LogP contribution in [0.4, 0.5) is 0 Å². The molecule has 0 saturated heterocycles. The minimum atomic E-state index is -0.00703. The van der Waals surface area contributed by atoms with Gasteiger partial charge in [0.25, 0.3) is 5.22 Å². The third kappa shape index (κ3) is 6.53. The van der Waals surface area contributed by atoms with Crippen molar-refractivity contribution in [2.45, 2.75) is 58.7 Å². The summed E-state index contributed by atoms with van der Waals surface area (Å²) in [6, 6.07) is 6.31. The van der Waals surface area contributed by atoms with Crippen LogP contribution in [0.5, 0.6) is 0 Å².